The summed E-state index contributed by atoms with van der Waals surface area (Å²) >= 11 is 1.51. The molecule has 0 radical (unpaired) electrons. The fourth-order valence-corrected chi connectivity index (χ4v) is 3.23. The summed E-state index contributed by atoms with van der Waals surface area (Å²) < 4.78 is 7.78. The van der Waals surface area contributed by atoms with Gasteiger partial charge in [-0.3, -0.25) is 0 Å². The van der Waals surface area contributed by atoms with Crippen molar-refractivity contribution in [1.29, 1.82) is 0 Å². The number of phenols is 1. The van der Waals surface area contributed by atoms with Crippen molar-refractivity contribution in [1.82, 2.24) is 0 Å². The summed E-state index contributed by atoms with van der Waals surface area (Å²) in [6.07, 6.45) is 0. The first kappa shape index (κ1) is 17.9. The summed E-state index contributed by atoms with van der Waals surface area (Å²) in [5, 5.41) is 9.90. The molecule has 0 aromatic heterocycles. The molecule has 0 fully saturated rings. The third-order valence-electron chi connectivity index (χ3n) is 3.89. The van der Waals surface area contributed by atoms with Crippen LogP contribution in [0.4, 0.5) is 5.69 Å². The molecular formula is C21H19NO3S. The Morgan fingerprint density at radius 2 is 1.69 bits per heavy atom. The van der Waals surface area contributed by atoms with Gasteiger partial charge in [0.25, 0.3) is 0 Å². The highest BCUT2D eigenvalue weighted by Gasteiger charge is 2.11. The van der Waals surface area contributed by atoms with E-state index in [0.29, 0.717) is 0 Å². The summed E-state index contributed by atoms with van der Waals surface area (Å²) in [5.41, 5.74) is 4.46. The second-order valence-corrected chi connectivity index (χ2v) is 6.46. The third-order valence-corrected chi connectivity index (χ3v) is 4.75. The number of carbonyl (C=O) groups excluding carboxylic acids is 1. The second-order valence-electron chi connectivity index (χ2n) is 5.68. The van der Waals surface area contributed by atoms with Gasteiger partial charge in [0.2, 0.25) is 0 Å². The highest BCUT2D eigenvalue weighted by molar-refractivity contribution is 7.99. The van der Waals surface area contributed by atoms with E-state index in [1.165, 1.54) is 41.8 Å². The zero-order valence-electron chi connectivity index (χ0n) is 14.3. The molecule has 0 unspecified atom stereocenters. The van der Waals surface area contributed by atoms with Crippen LogP contribution in [-0.2, 0) is 10.5 Å². The molecule has 0 heterocycles. The molecule has 0 aliphatic carbocycles. The van der Waals surface area contributed by atoms with E-state index >= 15 is 0 Å². The Morgan fingerprint density at radius 1 is 1.00 bits per heavy atom. The Morgan fingerprint density at radius 3 is 2.35 bits per heavy atom. The van der Waals surface area contributed by atoms with Gasteiger partial charge >= 0.3 is 5.97 Å². The van der Waals surface area contributed by atoms with Gasteiger partial charge in [-0.2, -0.15) is 0 Å². The molecule has 3 rings (SSSR count). The van der Waals surface area contributed by atoms with Crippen LogP contribution in [0.1, 0.15) is 15.9 Å². The first-order valence-corrected chi connectivity index (χ1v) is 9.09. The lowest BCUT2D eigenvalue weighted by atomic mass is 10.0. The smallest absolute Gasteiger partial charge is 0.341 e. The van der Waals surface area contributed by atoms with Gasteiger partial charge in [-0.1, -0.05) is 54.6 Å². The number of hydrogen-bond donors (Lipinski definition) is 2. The van der Waals surface area contributed by atoms with E-state index in [4.69, 9.17) is 0 Å². The molecule has 3 aromatic carbocycles. The summed E-state index contributed by atoms with van der Waals surface area (Å²) in [4.78, 5) is 11.5. The van der Waals surface area contributed by atoms with E-state index in [9.17, 15) is 9.90 Å². The number of anilines is 1. The third kappa shape index (κ3) is 4.37. The molecule has 0 saturated heterocycles. The lowest BCUT2D eigenvalue weighted by Gasteiger charge is -2.09. The Balaban J connectivity index is 1.57. The maximum atomic E-state index is 11.5. The average molecular weight is 365 g/mol. The number of phenolic OH excluding ortho intramolecular Hbond substituents is 1. The maximum Gasteiger partial charge on any atom is 0.341 e. The van der Waals surface area contributed by atoms with E-state index in [0.717, 1.165) is 11.4 Å². The van der Waals surface area contributed by atoms with E-state index in [1.54, 1.807) is 12.1 Å². The molecule has 0 spiro atoms. The van der Waals surface area contributed by atoms with Crippen molar-refractivity contribution < 1.29 is 14.6 Å². The van der Waals surface area contributed by atoms with Crippen molar-refractivity contribution in [2.75, 3.05) is 11.8 Å². The molecule has 0 saturated carbocycles. The van der Waals surface area contributed by atoms with E-state index in [2.05, 4.69) is 45.9 Å². The number of esters is 1. The van der Waals surface area contributed by atoms with Gasteiger partial charge in [-0.15, -0.1) is 0 Å². The van der Waals surface area contributed by atoms with Crippen molar-refractivity contribution >= 4 is 23.6 Å². The largest absolute Gasteiger partial charge is 0.507 e. The van der Waals surface area contributed by atoms with Crippen molar-refractivity contribution in [3.8, 4) is 16.9 Å². The molecular weight excluding hydrogens is 346 g/mol. The summed E-state index contributed by atoms with van der Waals surface area (Å²) in [7, 11) is 1.28. The zero-order valence-corrected chi connectivity index (χ0v) is 15.1. The van der Waals surface area contributed by atoms with Crippen LogP contribution in [0.3, 0.4) is 0 Å². The SMILES string of the molecule is COC(=O)c1ccc(NSCc2ccc(-c3ccccc3)cc2)cc1O. The number of ether oxygens (including phenoxy) is 1. The number of hydrogen-bond acceptors (Lipinski definition) is 5. The summed E-state index contributed by atoms with van der Waals surface area (Å²) in [5.74, 6) is 0.115. The lowest BCUT2D eigenvalue weighted by molar-refractivity contribution is 0.0597. The molecule has 0 aliphatic heterocycles. The molecule has 0 bridgehead atoms. The highest BCUT2D eigenvalue weighted by atomic mass is 32.2. The fourth-order valence-electron chi connectivity index (χ4n) is 2.50. The number of benzene rings is 3. The van der Waals surface area contributed by atoms with Gasteiger partial charge in [0, 0.05) is 17.5 Å². The normalized spacial score (nSPS) is 10.3. The fraction of sp³-hybridized carbons (Fsp3) is 0.0952. The van der Waals surface area contributed by atoms with E-state index < -0.39 is 5.97 Å². The molecule has 132 valence electrons. The van der Waals surface area contributed by atoms with Gasteiger partial charge < -0.3 is 14.6 Å². The van der Waals surface area contributed by atoms with E-state index in [-0.39, 0.29) is 11.3 Å². The first-order valence-electron chi connectivity index (χ1n) is 8.11. The monoisotopic (exact) mass is 365 g/mol. The molecule has 2 N–H and O–H groups in total. The minimum absolute atomic E-state index is 0.102. The number of aromatic hydroxyl groups is 1. The first-order chi connectivity index (χ1) is 12.7. The van der Waals surface area contributed by atoms with Gasteiger partial charge in [0.1, 0.15) is 11.3 Å². The highest BCUT2D eigenvalue weighted by Crippen LogP contribution is 2.26. The standard InChI is InChI=1S/C21H19NO3S/c1-25-21(24)19-12-11-18(13-20(19)23)22-26-14-15-7-9-17(10-8-15)16-5-3-2-4-6-16/h2-13,22-23H,14H2,1H3. The maximum absolute atomic E-state index is 11.5. The van der Waals surface area contributed by atoms with Gasteiger partial charge in [0.15, 0.2) is 0 Å². The number of nitrogens with one attached hydrogen (secondary N) is 1. The van der Waals surface area contributed by atoms with Gasteiger partial charge in [-0.05, 0) is 40.8 Å². The average Bonchev–Trinajstić information content (AvgIpc) is 2.69. The van der Waals surface area contributed by atoms with Crippen LogP contribution < -0.4 is 4.72 Å². The van der Waals surface area contributed by atoms with Crippen LogP contribution in [0, 0.1) is 0 Å². The van der Waals surface area contributed by atoms with Gasteiger partial charge in [-0.25, -0.2) is 4.79 Å². The van der Waals surface area contributed by atoms with Crippen molar-refractivity contribution in [2.45, 2.75) is 5.75 Å². The Kier molecular flexibility index (Phi) is 5.81. The van der Waals surface area contributed by atoms with Crippen LogP contribution in [0.5, 0.6) is 5.75 Å². The van der Waals surface area contributed by atoms with Crippen molar-refractivity contribution in [3.05, 3.63) is 83.9 Å². The molecule has 0 aliphatic rings. The Hall–Kier alpha value is -2.92. The zero-order chi connectivity index (χ0) is 18.4. The topological polar surface area (TPSA) is 58.6 Å². The van der Waals surface area contributed by atoms with Crippen molar-refractivity contribution in [2.24, 2.45) is 0 Å². The molecule has 26 heavy (non-hydrogen) atoms. The number of rotatable bonds is 6. The van der Waals surface area contributed by atoms with E-state index in [1.807, 2.05) is 18.2 Å². The summed E-state index contributed by atoms with van der Waals surface area (Å²) in [6.45, 7) is 0. The second kappa shape index (κ2) is 8.45. The van der Waals surface area contributed by atoms with Crippen molar-refractivity contribution in [3.63, 3.8) is 0 Å². The van der Waals surface area contributed by atoms with Crippen LogP contribution in [0.15, 0.2) is 72.8 Å². The molecule has 5 heteroatoms. The molecule has 0 atom stereocenters. The predicted molar refractivity (Wildman–Crippen MR) is 106 cm³/mol. The number of carbonyl (C=O) groups is 1. The minimum atomic E-state index is -0.555. The number of methoxy groups -OCH3 is 1. The lowest BCUT2D eigenvalue weighted by Crippen LogP contribution is -2.01. The molecule has 3 aromatic rings. The van der Waals surface area contributed by atoms with Crippen LogP contribution in [0.2, 0.25) is 0 Å². The molecule has 4 nitrogen and oxygen atoms in total. The van der Waals surface area contributed by atoms with Crippen LogP contribution in [0.25, 0.3) is 11.1 Å². The predicted octanol–water partition coefficient (Wildman–Crippen LogP) is 5.11. The quantitative estimate of drug-likeness (QED) is 0.470. The minimum Gasteiger partial charge on any atom is -0.507 e. The Bertz CT molecular complexity index is 880. The Labute approximate surface area is 157 Å². The van der Waals surface area contributed by atoms with Crippen LogP contribution >= 0.6 is 11.9 Å². The van der Waals surface area contributed by atoms with Gasteiger partial charge in [0.05, 0.1) is 7.11 Å². The van der Waals surface area contributed by atoms with Crippen LogP contribution in [-0.4, -0.2) is 18.2 Å². The molecule has 0 amide bonds. The summed E-state index contributed by atoms with van der Waals surface area (Å²) in [6, 6.07) is 23.5.